The second-order valence-corrected chi connectivity index (χ2v) is 5.49. The Balaban J connectivity index is 1.77. The molecule has 0 saturated carbocycles. The summed E-state index contributed by atoms with van der Waals surface area (Å²) in [5, 5.41) is 8.93. The Hall–Kier alpha value is -2.55. The lowest BCUT2D eigenvalue weighted by Gasteiger charge is -2.33. The van der Waals surface area contributed by atoms with Crippen LogP contribution < -0.4 is 4.74 Å². The molecule has 0 unspecified atom stereocenters. The molecule has 1 amide bonds. The van der Waals surface area contributed by atoms with Crippen molar-refractivity contribution in [2.75, 3.05) is 19.8 Å². The van der Waals surface area contributed by atoms with E-state index in [2.05, 4.69) is 0 Å². The number of piperidine rings is 1. The minimum Gasteiger partial charge on any atom is -0.481 e. The molecule has 1 heterocycles. The number of ether oxygens (including phenoxy) is 2. The van der Waals surface area contributed by atoms with E-state index in [0.29, 0.717) is 17.9 Å². The molecule has 1 aromatic rings. The predicted molar refractivity (Wildman–Crippen MR) is 82.6 cm³/mol. The van der Waals surface area contributed by atoms with Crippen LogP contribution in [0.1, 0.15) is 31.7 Å². The second-order valence-electron chi connectivity index (χ2n) is 5.49. The molecule has 1 aromatic carbocycles. The largest absolute Gasteiger partial charge is 0.481 e. The van der Waals surface area contributed by atoms with Gasteiger partial charge >= 0.3 is 5.97 Å². The summed E-state index contributed by atoms with van der Waals surface area (Å²) in [6, 6.07) is 8.79. The summed E-state index contributed by atoms with van der Waals surface area (Å²) in [4.78, 5) is 25.5. The van der Waals surface area contributed by atoms with E-state index in [1.807, 2.05) is 13.0 Å². The van der Waals surface area contributed by atoms with Crippen LogP contribution in [0.25, 0.3) is 0 Å². The first kappa shape index (κ1) is 16.8. The Labute approximate surface area is 135 Å². The second kappa shape index (κ2) is 8.18. The van der Waals surface area contributed by atoms with E-state index < -0.39 is 5.97 Å². The van der Waals surface area contributed by atoms with Crippen LogP contribution in [0.3, 0.4) is 0 Å². The van der Waals surface area contributed by atoms with Crippen molar-refractivity contribution < 1.29 is 19.1 Å². The Morgan fingerprint density at radius 1 is 1.30 bits per heavy atom. The lowest BCUT2D eigenvalue weighted by Crippen LogP contribution is -2.44. The van der Waals surface area contributed by atoms with E-state index in [1.165, 1.54) is 0 Å². The summed E-state index contributed by atoms with van der Waals surface area (Å²) >= 11 is 0. The number of hydrogen-bond acceptors (Lipinski definition) is 5. The molecule has 1 aliphatic rings. The van der Waals surface area contributed by atoms with Crippen LogP contribution in [0, 0.1) is 11.3 Å². The van der Waals surface area contributed by atoms with E-state index in [1.54, 1.807) is 29.2 Å². The summed E-state index contributed by atoms with van der Waals surface area (Å²) in [6.07, 6.45) is 3.09. The van der Waals surface area contributed by atoms with Crippen molar-refractivity contribution in [1.82, 2.24) is 4.90 Å². The van der Waals surface area contributed by atoms with Gasteiger partial charge in [-0.2, -0.15) is 5.26 Å². The lowest BCUT2D eigenvalue weighted by atomic mass is 10.0. The monoisotopic (exact) mass is 316 g/mol. The number of likely N-dealkylation sites (tertiary alicyclic amines) is 1. The zero-order chi connectivity index (χ0) is 16.7. The molecule has 6 heteroatoms. The number of esters is 1. The van der Waals surface area contributed by atoms with E-state index in [-0.39, 0.29) is 25.2 Å². The number of carbonyl (C=O) groups is 2. The minimum absolute atomic E-state index is 0.178. The van der Waals surface area contributed by atoms with Crippen molar-refractivity contribution in [2.24, 2.45) is 0 Å². The Morgan fingerprint density at radius 3 is 2.83 bits per heavy atom. The summed E-state index contributed by atoms with van der Waals surface area (Å²) < 4.78 is 10.2. The van der Waals surface area contributed by atoms with Gasteiger partial charge in [0.05, 0.1) is 5.56 Å². The van der Waals surface area contributed by atoms with Gasteiger partial charge in [-0.3, -0.25) is 4.79 Å². The molecule has 0 aliphatic carbocycles. The van der Waals surface area contributed by atoms with Gasteiger partial charge in [0.2, 0.25) is 0 Å². The van der Waals surface area contributed by atoms with Crippen molar-refractivity contribution >= 4 is 11.9 Å². The van der Waals surface area contributed by atoms with E-state index >= 15 is 0 Å². The third-order valence-electron chi connectivity index (χ3n) is 3.83. The van der Waals surface area contributed by atoms with Crippen LogP contribution in [0.4, 0.5) is 0 Å². The number of para-hydroxylation sites is 1. The van der Waals surface area contributed by atoms with Gasteiger partial charge < -0.3 is 14.4 Å². The SMILES string of the molecule is C[C@H]1CCCCN1C(=O)COC(=O)COc1ccccc1C#N. The molecule has 122 valence electrons. The molecular weight excluding hydrogens is 296 g/mol. The minimum atomic E-state index is -0.629. The van der Waals surface area contributed by atoms with Crippen LogP contribution in [-0.4, -0.2) is 42.6 Å². The number of nitriles is 1. The molecule has 2 rings (SSSR count). The number of nitrogens with zero attached hydrogens (tertiary/aromatic N) is 2. The summed E-state index contributed by atoms with van der Waals surface area (Å²) in [5.74, 6) is -0.485. The van der Waals surface area contributed by atoms with Gasteiger partial charge in [0.25, 0.3) is 5.91 Å². The predicted octanol–water partition coefficient (Wildman–Crippen LogP) is 1.88. The Morgan fingerprint density at radius 2 is 2.09 bits per heavy atom. The Kier molecular flexibility index (Phi) is 5.98. The zero-order valence-electron chi connectivity index (χ0n) is 13.2. The van der Waals surface area contributed by atoms with Crippen LogP contribution in [0.2, 0.25) is 0 Å². The number of rotatable bonds is 5. The molecule has 1 saturated heterocycles. The molecule has 0 spiro atoms. The smallest absolute Gasteiger partial charge is 0.344 e. The average Bonchev–Trinajstić information content (AvgIpc) is 2.58. The zero-order valence-corrected chi connectivity index (χ0v) is 13.2. The molecule has 0 radical (unpaired) electrons. The van der Waals surface area contributed by atoms with Gasteiger partial charge in [0, 0.05) is 12.6 Å². The van der Waals surface area contributed by atoms with Crippen molar-refractivity contribution in [3.05, 3.63) is 29.8 Å². The highest BCUT2D eigenvalue weighted by molar-refractivity contribution is 5.81. The first-order chi connectivity index (χ1) is 11.1. The van der Waals surface area contributed by atoms with Crippen molar-refractivity contribution in [3.63, 3.8) is 0 Å². The third kappa shape index (κ3) is 4.71. The topological polar surface area (TPSA) is 79.6 Å². The molecule has 6 nitrogen and oxygen atoms in total. The van der Waals surface area contributed by atoms with Gasteiger partial charge in [0.15, 0.2) is 13.2 Å². The Bertz CT molecular complexity index is 609. The van der Waals surface area contributed by atoms with Gasteiger partial charge in [-0.05, 0) is 38.3 Å². The van der Waals surface area contributed by atoms with Crippen LogP contribution in [-0.2, 0) is 14.3 Å². The highest BCUT2D eigenvalue weighted by Crippen LogP contribution is 2.17. The van der Waals surface area contributed by atoms with E-state index in [4.69, 9.17) is 14.7 Å². The first-order valence-electron chi connectivity index (χ1n) is 7.69. The molecule has 0 bridgehead atoms. The quantitative estimate of drug-likeness (QED) is 0.775. The average molecular weight is 316 g/mol. The standard InChI is InChI=1S/C17H20N2O4/c1-13-6-4-5-9-19(13)16(20)11-23-17(21)12-22-15-8-3-2-7-14(15)10-18/h2-3,7-8,13H,4-6,9,11-12H2,1H3/t13-/m0/s1. The maximum atomic E-state index is 12.1. The number of carbonyl (C=O) groups excluding carboxylic acids is 2. The van der Waals surface area contributed by atoms with Crippen LogP contribution in [0.15, 0.2) is 24.3 Å². The van der Waals surface area contributed by atoms with Gasteiger partial charge in [0.1, 0.15) is 11.8 Å². The molecule has 1 atom stereocenters. The maximum Gasteiger partial charge on any atom is 0.344 e. The lowest BCUT2D eigenvalue weighted by molar-refractivity contribution is -0.154. The highest BCUT2D eigenvalue weighted by Gasteiger charge is 2.23. The van der Waals surface area contributed by atoms with Crippen LogP contribution in [0.5, 0.6) is 5.75 Å². The maximum absolute atomic E-state index is 12.1. The number of benzene rings is 1. The first-order valence-corrected chi connectivity index (χ1v) is 7.69. The summed E-state index contributed by atoms with van der Waals surface area (Å²) in [7, 11) is 0. The molecule has 0 aromatic heterocycles. The van der Waals surface area contributed by atoms with Gasteiger partial charge in [-0.1, -0.05) is 12.1 Å². The van der Waals surface area contributed by atoms with Crippen LogP contribution >= 0.6 is 0 Å². The number of hydrogen-bond donors (Lipinski definition) is 0. The van der Waals surface area contributed by atoms with Crippen molar-refractivity contribution in [3.8, 4) is 11.8 Å². The summed E-state index contributed by atoms with van der Waals surface area (Å²) in [5.41, 5.74) is 0.346. The molecule has 23 heavy (non-hydrogen) atoms. The van der Waals surface area contributed by atoms with Crippen molar-refractivity contribution in [1.29, 1.82) is 5.26 Å². The fourth-order valence-electron chi connectivity index (χ4n) is 2.56. The number of amides is 1. The van der Waals surface area contributed by atoms with Crippen molar-refractivity contribution in [2.45, 2.75) is 32.2 Å². The third-order valence-corrected chi connectivity index (χ3v) is 3.83. The normalized spacial score (nSPS) is 17.2. The highest BCUT2D eigenvalue weighted by atomic mass is 16.6. The van der Waals surface area contributed by atoms with Gasteiger partial charge in [-0.25, -0.2) is 4.79 Å². The fourth-order valence-corrected chi connectivity index (χ4v) is 2.56. The molecular formula is C17H20N2O4. The fraction of sp³-hybridized carbons (Fsp3) is 0.471. The van der Waals surface area contributed by atoms with E-state index in [0.717, 1.165) is 19.3 Å². The molecule has 1 fully saturated rings. The molecule has 0 N–H and O–H groups in total. The van der Waals surface area contributed by atoms with E-state index in [9.17, 15) is 9.59 Å². The van der Waals surface area contributed by atoms with Gasteiger partial charge in [-0.15, -0.1) is 0 Å². The summed E-state index contributed by atoms with van der Waals surface area (Å²) in [6.45, 7) is 2.11. The molecule has 1 aliphatic heterocycles.